The smallest absolute Gasteiger partial charge is 0.325 e. The van der Waals surface area contributed by atoms with E-state index < -0.39 is 23.9 Å². The third-order valence-electron chi connectivity index (χ3n) is 4.05. The number of carbonyl (C=O) groups is 2. The molecule has 0 radical (unpaired) electrons. The van der Waals surface area contributed by atoms with Crippen molar-refractivity contribution in [2.24, 2.45) is 0 Å². The quantitative estimate of drug-likeness (QED) is 0.814. The van der Waals surface area contributed by atoms with Crippen LogP contribution in [0.25, 0.3) is 0 Å². The fourth-order valence-corrected chi connectivity index (χ4v) is 3.04. The summed E-state index contributed by atoms with van der Waals surface area (Å²) in [6.07, 6.45) is 2.05. The number of H-pyrrole nitrogens is 1. The van der Waals surface area contributed by atoms with Gasteiger partial charge >= 0.3 is 12.0 Å². The van der Waals surface area contributed by atoms with Crippen LogP contribution in [0.15, 0.2) is 24.5 Å². The molecule has 0 saturated heterocycles. The summed E-state index contributed by atoms with van der Waals surface area (Å²) in [5, 5.41) is 2.83. The number of imidazole rings is 1. The highest BCUT2D eigenvalue weighted by Crippen LogP contribution is 2.35. The van der Waals surface area contributed by atoms with Crippen molar-refractivity contribution in [3.63, 3.8) is 0 Å². The average molecular weight is 367 g/mol. The highest BCUT2D eigenvalue weighted by atomic mass is 35.5. The van der Waals surface area contributed by atoms with Gasteiger partial charge in [0.2, 0.25) is 0 Å². The summed E-state index contributed by atoms with van der Waals surface area (Å²) in [6, 6.07) is 2.92. The maximum Gasteiger partial charge on any atom is 0.325 e. The summed E-state index contributed by atoms with van der Waals surface area (Å²) >= 11 is 6.01. The SMILES string of the molecule is COC(=O)CNC(=O)N1CCc2[nH]cnc2[C@@H]1c1cc(Cl)ccc1F. The Morgan fingerprint density at radius 1 is 1.52 bits per heavy atom. The van der Waals surface area contributed by atoms with E-state index in [2.05, 4.69) is 20.0 Å². The van der Waals surface area contributed by atoms with E-state index in [-0.39, 0.29) is 12.1 Å². The number of hydrogen-bond acceptors (Lipinski definition) is 4. The molecule has 2 amide bonds. The zero-order valence-electron chi connectivity index (χ0n) is 13.4. The van der Waals surface area contributed by atoms with Gasteiger partial charge in [0.25, 0.3) is 0 Å². The number of rotatable bonds is 3. The van der Waals surface area contributed by atoms with Crippen molar-refractivity contribution >= 4 is 23.6 Å². The maximum absolute atomic E-state index is 14.4. The summed E-state index contributed by atoms with van der Waals surface area (Å²) in [5.41, 5.74) is 1.63. The van der Waals surface area contributed by atoms with Crippen molar-refractivity contribution in [3.05, 3.63) is 52.3 Å². The number of aromatic nitrogens is 2. The minimum Gasteiger partial charge on any atom is -0.468 e. The number of carbonyl (C=O) groups excluding carboxylic acids is 2. The van der Waals surface area contributed by atoms with Crippen LogP contribution in [-0.2, 0) is 16.0 Å². The molecular weight excluding hydrogens is 351 g/mol. The van der Waals surface area contributed by atoms with Gasteiger partial charge in [0.05, 0.1) is 19.1 Å². The standard InChI is InChI=1S/C16H16ClFN4O3/c1-25-13(23)7-19-16(24)22-5-4-12-14(21-8-20-12)15(22)10-6-9(17)2-3-11(10)18/h2-3,6,8,15H,4-5,7H2,1H3,(H,19,24)(H,20,21)/t15-/m0/s1. The van der Waals surface area contributed by atoms with Crippen LogP contribution >= 0.6 is 11.6 Å². The summed E-state index contributed by atoms with van der Waals surface area (Å²) in [7, 11) is 1.23. The normalized spacial score (nSPS) is 16.3. The van der Waals surface area contributed by atoms with E-state index in [1.165, 1.54) is 36.5 Å². The van der Waals surface area contributed by atoms with E-state index in [0.29, 0.717) is 23.7 Å². The number of aromatic amines is 1. The van der Waals surface area contributed by atoms with Crippen LogP contribution in [0.3, 0.4) is 0 Å². The molecule has 2 aromatic rings. The lowest BCUT2D eigenvalue weighted by molar-refractivity contribution is -0.139. The fraction of sp³-hybridized carbons (Fsp3) is 0.312. The van der Waals surface area contributed by atoms with Crippen molar-refractivity contribution in [1.82, 2.24) is 20.2 Å². The lowest BCUT2D eigenvalue weighted by Gasteiger charge is -2.35. The molecule has 1 aromatic heterocycles. The van der Waals surface area contributed by atoms with Crippen molar-refractivity contribution < 1.29 is 18.7 Å². The predicted molar refractivity (Wildman–Crippen MR) is 87.7 cm³/mol. The molecule has 3 rings (SSSR count). The average Bonchev–Trinajstić information content (AvgIpc) is 3.09. The topological polar surface area (TPSA) is 87.3 Å². The van der Waals surface area contributed by atoms with Gasteiger partial charge in [-0.2, -0.15) is 0 Å². The lowest BCUT2D eigenvalue weighted by Crippen LogP contribution is -2.47. The first kappa shape index (κ1) is 17.2. The molecule has 25 heavy (non-hydrogen) atoms. The van der Waals surface area contributed by atoms with Crippen LogP contribution < -0.4 is 5.32 Å². The summed E-state index contributed by atoms with van der Waals surface area (Å²) in [6.45, 7) is 0.0584. The Morgan fingerprint density at radius 2 is 2.32 bits per heavy atom. The van der Waals surface area contributed by atoms with Crippen molar-refractivity contribution in [3.8, 4) is 0 Å². The van der Waals surface area contributed by atoms with Gasteiger partial charge < -0.3 is 19.9 Å². The van der Waals surface area contributed by atoms with E-state index in [0.717, 1.165) is 5.69 Å². The van der Waals surface area contributed by atoms with E-state index in [9.17, 15) is 14.0 Å². The molecule has 1 atom stereocenters. The Bertz CT molecular complexity index is 810. The summed E-state index contributed by atoms with van der Waals surface area (Å²) in [4.78, 5) is 32.5. The number of esters is 1. The number of ether oxygens (including phenoxy) is 1. The van der Waals surface area contributed by atoms with Crippen molar-refractivity contribution in [2.45, 2.75) is 12.5 Å². The third kappa shape index (κ3) is 3.43. The molecule has 0 unspecified atom stereocenters. The number of urea groups is 1. The number of halogens is 2. The van der Waals surface area contributed by atoms with Crippen LogP contribution in [0.1, 0.15) is 23.0 Å². The Labute approximate surface area is 148 Å². The molecule has 0 aliphatic carbocycles. The van der Waals surface area contributed by atoms with Gasteiger partial charge in [-0.1, -0.05) is 11.6 Å². The van der Waals surface area contributed by atoms with Crippen molar-refractivity contribution in [2.75, 3.05) is 20.2 Å². The zero-order valence-corrected chi connectivity index (χ0v) is 14.1. The molecule has 1 aromatic carbocycles. The number of amides is 2. The van der Waals surface area contributed by atoms with Gasteiger partial charge in [0.15, 0.2) is 0 Å². The minimum absolute atomic E-state index is 0.244. The third-order valence-corrected chi connectivity index (χ3v) is 4.29. The first-order valence-corrected chi connectivity index (χ1v) is 7.97. The molecule has 0 spiro atoms. The van der Waals surface area contributed by atoms with Gasteiger partial charge in [-0.05, 0) is 18.2 Å². The Kier molecular flexibility index (Phi) is 4.89. The second-order valence-corrected chi connectivity index (χ2v) is 5.95. The highest BCUT2D eigenvalue weighted by Gasteiger charge is 2.35. The van der Waals surface area contributed by atoms with E-state index in [1.54, 1.807) is 0 Å². The minimum atomic E-state index is -0.744. The fourth-order valence-electron chi connectivity index (χ4n) is 2.86. The van der Waals surface area contributed by atoms with Crippen LogP contribution in [-0.4, -0.2) is 47.1 Å². The Balaban J connectivity index is 1.96. The summed E-state index contributed by atoms with van der Waals surface area (Å²) < 4.78 is 18.9. The highest BCUT2D eigenvalue weighted by molar-refractivity contribution is 6.30. The molecule has 0 bridgehead atoms. The van der Waals surface area contributed by atoms with Gasteiger partial charge in [0, 0.05) is 29.2 Å². The Morgan fingerprint density at radius 3 is 3.08 bits per heavy atom. The molecule has 132 valence electrons. The molecule has 9 heteroatoms. The van der Waals surface area contributed by atoms with Gasteiger partial charge in [-0.25, -0.2) is 14.2 Å². The molecular formula is C16H16ClFN4O3. The van der Waals surface area contributed by atoms with Gasteiger partial charge in [-0.15, -0.1) is 0 Å². The number of hydrogen-bond donors (Lipinski definition) is 2. The number of nitrogens with zero attached hydrogens (tertiary/aromatic N) is 2. The molecule has 1 aliphatic heterocycles. The van der Waals surface area contributed by atoms with E-state index in [1.807, 2.05) is 0 Å². The van der Waals surface area contributed by atoms with E-state index in [4.69, 9.17) is 11.6 Å². The zero-order chi connectivity index (χ0) is 18.0. The van der Waals surface area contributed by atoms with Crippen LogP contribution in [0.4, 0.5) is 9.18 Å². The first-order chi connectivity index (χ1) is 12.0. The largest absolute Gasteiger partial charge is 0.468 e. The molecule has 7 nitrogen and oxygen atoms in total. The molecule has 1 aliphatic rings. The molecule has 2 N–H and O–H groups in total. The first-order valence-electron chi connectivity index (χ1n) is 7.59. The number of benzene rings is 1. The Hall–Kier alpha value is -2.61. The monoisotopic (exact) mass is 366 g/mol. The van der Waals surface area contributed by atoms with Crippen molar-refractivity contribution in [1.29, 1.82) is 0 Å². The molecule has 0 fully saturated rings. The molecule has 0 saturated carbocycles. The maximum atomic E-state index is 14.4. The van der Waals surface area contributed by atoms with Crippen LogP contribution in [0.5, 0.6) is 0 Å². The number of fused-ring (bicyclic) bond motifs is 1. The predicted octanol–water partition coefficient (Wildman–Crippen LogP) is 2.03. The number of nitrogens with one attached hydrogen (secondary N) is 2. The second-order valence-electron chi connectivity index (χ2n) is 5.51. The second kappa shape index (κ2) is 7.10. The van der Waals surface area contributed by atoms with Crippen LogP contribution in [0.2, 0.25) is 5.02 Å². The lowest BCUT2D eigenvalue weighted by atomic mass is 9.95. The van der Waals surface area contributed by atoms with Gasteiger partial charge in [0.1, 0.15) is 18.4 Å². The van der Waals surface area contributed by atoms with E-state index >= 15 is 0 Å². The number of methoxy groups -OCH3 is 1. The van der Waals surface area contributed by atoms with Gasteiger partial charge in [-0.3, -0.25) is 4.79 Å². The molecule has 2 heterocycles. The van der Waals surface area contributed by atoms with Crippen LogP contribution in [0, 0.1) is 5.82 Å². The summed E-state index contributed by atoms with van der Waals surface area (Å²) in [5.74, 6) is -1.06.